The smallest absolute Gasteiger partial charge is 0.0675 e. The molecule has 0 fully saturated rings. The summed E-state index contributed by atoms with van der Waals surface area (Å²) >= 11 is 0. The lowest BCUT2D eigenvalue weighted by molar-refractivity contribution is 0.585. The van der Waals surface area contributed by atoms with Crippen LogP contribution in [0.1, 0.15) is 122 Å². The SMILES string of the molecule is CC[Si](CC)(CC)c1ccc(C(=C2C=CC=C2c2cc(C(C)(C)C)cc3c2Cc2c-3cccc2C(C)(C)C)c2ccc([Si](CC)(CC)CC)cc2)cc1. The Balaban J connectivity index is 1.59. The van der Waals surface area contributed by atoms with Crippen molar-refractivity contribution in [1.29, 1.82) is 0 Å². The minimum absolute atomic E-state index is 0.0293. The molecule has 4 aromatic carbocycles. The zero-order chi connectivity index (χ0) is 38.3. The number of hydrogen-bond acceptors (Lipinski definition) is 0. The van der Waals surface area contributed by atoms with Crippen molar-refractivity contribution >= 4 is 37.7 Å². The molecular formula is C51H66Si2. The van der Waals surface area contributed by atoms with Crippen molar-refractivity contribution in [3.63, 3.8) is 0 Å². The summed E-state index contributed by atoms with van der Waals surface area (Å²) in [5.74, 6) is 0. The van der Waals surface area contributed by atoms with Gasteiger partial charge >= 0.3 is 0 Å². The van der Waals surface area contributed by atoms with Gasteiger partial charge in [-0.2, -0.15) is 0 Å². The maximum atomic E-state index is 2.54. The van der Waals surface area contributed by atoms with Gasteiger partial charge < -0.3 is 0 Å². The molecule has 0 saturated carbocycles. The predicted molar refractivity (Wildman–Crippen MR) is 242 cm³/mol. The molecule has 0 spiro atoms. The fourth-order valence-corrected chi connectivity index (χ4v) is 16.9. The van der Waals surface area contributed by atoms with Gasteiger partial charge in [-0.15, -0.1) is 0 Å². The van der Waals surface area contributed by atoms with Gasteiger partial charge in [-0.3, -0.25) is 0 Å². The highest BCUT2D eigenvalue weighted by Gasteiger charge is 2.33. The third-order valence-corrected chi connectivity index (χ3v) is 25.0. The Morgan fingerprint density at radius 3 is 1.49 bits per heavy atom. The summed E-state index contributed by atoms with van der Waals surface area (Å²) in [6, 6.07) is 39.7. The van der Waals surface area contributed by atoms with Crippen LogP contribution in [0.3, 0.4) is 0 Å². The van der Waals surface area contributed by atoms with Crippen LogP contribution in [0.4, 0.5) is 0 Å². The third-order valence-electron chi connectivity index (χ3n) is 13.8. The summed E-state index contributed by atoms with van der Waals surface area (Å²) in [5.41, 5.74) is 17.0. The Hall–Kier alpha value is -3.47. The van der Waals surface area contributed by atoms with Crippen molar-refractivity contribution in [3.8, 4) is 11.1 Å². The fraction of sp³-hybridized carbons (Fsp3) is 0.412. The highest BCUT2D eigenvalue weighted by molar-refractivity contribution is 6.92. The molecule has 53 heavy (non-hydrogen) atoms. The van der Waals surface area contributed by atoms with E-state index in [0.717, 1.165) is 6.42 Å². The molecule has 2 heteroatoms. The summed E-state index contributed by atoms with van der Waals surface area (Å²) in [6.45, 7) is 28.7. The first-order chi connectivity index (χ1) is 25.2. The molecule has 0 aromatic heterocycles. The number of fused-ring (bicyclic) bond motifs is 3. The molecule has 2 aliphatic carbocycles. The van der Waals surface area contributed by atoms with Gasteiger partial charge in [-0.25, -0.2) is 0 Å². The van der Waals surface area contributed by atoms with Gasteiger partial charge in [0, 0.05) is 0 Å². The number of rotatable bonds is 11. The minimum atomic E-state index is -1.49. The molecule has 0 saturated heterocycles. The topological polar surface area (TPSA) is 0 Å². The van der Waals surface area contributed by atoms with E-state index in [4.69, 9.17) is 0 Å². The maximum absolute atomic E-state index is 2.54. The van der Waals surface area contributed by atoms with E-state index in [1.807, 2.05) is 0 Å². The fourth-order valence-electron chi connectivity index (χ4n) is 9.74. The van der Waals surface area contributed by atoms with E-state index in [-0.39, 0.29) is 10.8 Å². The standard InChI is InChI=1S/C51H66Si2/c1-13-52(14-2,15-3)39-29-25-36(26-30-39)49(37-27-31-40(32-28-37)53(16-4,17-5)18-6)43-23-19-21-41(43)44-33-38(50(7,8)9)34-45-42-22-20-24-48(51(10,11)12)47(42)35-46(44)45/h19-34H,13-18,35H2,1-12H3. The zero-order valence-electron chi connectivity index (χ0n) is 35.2. The van der Waals surface area contributed by atoms with E-state index in [9.17, 15) is 0 Å². The molecule has 0 N–H and O–H groups in total. The Bertz CT molecular complexity index is 1960. The van der Waals surface area contributed by atoms with E-state index in [1.165, 1.54) is 103 Å². The Kier molecular flexibility index (Phi) is 11.1. The van der Waals surface area contributed by atoms with Crippen molar-refractivity contribution in [3.05, 3.63) is 142 Å². The van der Waals surface area contributed by atoms with Crippen molar-refractivity contribution in [2.75, 3.05) is 0 Å². The highest BCUT2D eigenvalue weighted by atomic mass is 28.3. The van der Waals surface area contributed by atoms with E-state index in [0.29, 0.717) is 0 Å². The summed E-state index contributed by atoms with van der Waals surface area (Å²) in [5, 5.41) is 3.22. The van der Waals surface area contributed by atoms with Crippen molar-refractivity contribution < 1.29 is 0 Å². The summed E-state index contributed by atoms with van der Waals surface area (Å²) in [4.78, 5) is 0. The molecule has 0 aliphatic heterocycles. The molecule has 0 bridgehead atoms. The Labute approximate surface area is 325 Å². The maximum Gasteiger partial charge on any atom is 0.0859 e. The predicted octanol–water partition coefficient (Wildman–Crippen LogP) is 13.7. The second kappa shape index (κ2) is 15.0. The van der Waals surface area contributed by atoms with E-state index < -0.39 is 16.1 Å². The molecule has 4 aromatic rings. The minimum Gasteiger partial charge on any atom is -0.0675 e. The first-order valence-corrected chi connectivity index (χ1v) is 26.1. The molecule has 2 aliphatic rings. The Morgan fingerprint density at radius 1 is 0.547 bits per heavy atom. The van der Waals surface area contributed by atoms with Gasteiger partial charge in [0.05, 0.1) is 16.1 Å². The van der Waals surface area contributed by atoms with Crippen LogP contribution < -0.4 is 10.4 Å². The van der Waals surface area contributed by atoms with Crippen molar-refractivity contribution in [2.24, 2.45) is 0 Å². The number of benzene rings is 4. The average molecular weight is 735 g/mol. The molecule has 6 rings (SSSR count). The van der Waals surface area contributed by atoms with Crippen molar-refractivity contribution in [2.45, 2.75) is 137 Å². The average Bonchev–Trinajstić information content (AvgIpc) is 3.79. The van der Waals surface area contributed by atoms with Crippen LogP contribution in [-0.4, -0.2) is 16.1 Å². The molecular weight excluding hydrogens is 669 g/mol. The van der Waals surface area contributed by atoms with Gasteiger partial charge in [-0.1, -0.05) is 227 Å². The molecule has 0 heterocycles. The van der Waals surface area contributed by atoms with Gasteiger partial charge in [0.1, 0.15) is 0 Å². The quantitative estimate of drug-likeness (QED) is 0.119. The summed E-state index contributed by atoms with van der Waals surface area (Å²) < 4.78 is 0. The zero-order valence-corrected chi connectivity index (χ0v) is 37.2. The largest absolute Gasteiger partial charge is 0.0859 e. The lowest BCUT2D eigenvalue weighted by atomic mass is 9.80. The summed E-state index contributed by atoms with van der Waals surface area (Å²) in [6.07, 6.45) is 8.09. The van der Waals surface area contributed by atoms with Crippen LogP contribution in [0, 0.1) is 0 Å². The van der Waals surface area contributed by atoms with Crippen LogP contribution in [0.15, 0.2) is 103 Å². The Morgan fingerprint density at radius 2 is 1.04 bits per heavy atom. The normalized spacial score (nSPS) is 14.4. The third kappa shape index (κ3) is 7.00. The van der Waals surface area contributed by atoms with Crippen LogP contribution in [0.25, 0.3) is 22.3 Å². The van der Waals surface area contributed by atoms with Crippen LogP contribution in [0.2, 0.25) is 36.3 Å². The van der Waals surface area contributed by atoms with Crippen LogP contribution >= 0.6 is 0 Å². The van der Waals surface area contributed by atoms with Gasteiger partial charge in [0.2, 0.25) is 0 Å². The second-order valence-corrected chi connectivity index (χ2v) is 28.6. The molecule has 0 nitrogen and oxygen atoms in total. The van der Waals surface area contributed by atoms with Crippen LogP contribution in [0.5, 0.6) is 0 Å². The monoisotopic (exact) mass is 734 g/mol. The lowest BCUT2D eigenvalue weighted by Crippen LogP contribution is -2.45. The second-order valence-electron chi connectivity index (χ2n) is 18.1. The molecule has 0 amide bonds. The first-order valence-electron chi connectivity index (χ1n) is 20.9. The number of hydrogen-bond donors (Lipinski definition) is 0. The van der Waals surface area contributed by atoms with E-state index >= 15 is 0 Å². The molecule has 278 valence electrons. The first kappa shape index (κ1) is 39.2. The van der Waals surface area contributed by atoms with Gasteiger partial charge in [-0.05, 0) is 84.0 Å². The van der Waals surface area contributed by atoms with Gasteiger partial charge in [0.25, 0.3) is 0 Å². The molecule has 0 radical (unpaired) electrons. The van der Waals surface area contributed by atoms with Crippen LogP contribution in [-0.2, 0) is 17.3 Å². The van der Waals surface area contributed by atoms with Gasteiger partial charge in [0.15, 0.2) is 0 Å². The highest BCUT2D eigenvalue weighted by Crippen LogP contribution is 2.49. The summed E-state index contributed by atoms with van der Waals surface area (Å²) in [7, 11) is -2.98. The van der Waals surface area contributed by atoms with Crippen molar-refractivity contribution in [1.82, 2.24) is 0 Å². The lowest BCUT2D eigenvalue weighted by Gasteiger charge is -2.29. The number of allylic oxidation sites excluding steroid dienone is 5. The molecule has 0 unspecified atom stereocenters. The molecule has 0 atom stereocenters. The van der Waals surface area contributed by atoms with E-state index in [1.54, 1.807) is 10.4 Å². The van der Waals surface area contributed by atoms with E-state index in [2.05, 4.69) is 180 Å².